The molecule has 0 aromatic heterocycles. The number of para-hydroxylation sites is 1. The number of halogens is 1. The summed E-state index contributed by atoms with van der Waals surface area (Å²) < 4.78 is 0. The van der Waals surface area contributed by atoms with Gasteiger partial charge in [0.05, 0.1) is 16.5 Å². The predicted molar refractivity (Wildman–Crippen MR) is 114 cm³/mol. The lowest BCUT2D eigenvalue weighted by molar-refractivity contribution is -0.115. The zero-order chi connectivity index (χ0) is 20.0. The Morgan fingerprint density at radius 1 is 1.07 bits per heavy atom. The van der Waals surface area contributed by atoms with E-state index in [9.17, 15) is 9.59 Å². The quantitative estimate of drug-likeness (QED) is 0.635. The van der Waals surface area contributed by atoms with Crippen molar-refractivity contribution in [2.24, 2.45) is 0 Å². The van der Waals surface area contributed by atoms with E-state index in [2.05, 4.69) is 10.6 Å². The minimum Gasteiger partial charge on any atom is -0.347 e. The fraction of sp³-hybridized carbons (Fsp3) is 0.333. The number of anilines is 1. The van der Waals surface area contributed by atoms with Crippen LogP contribution in [0, 0.1) is 0 Å². The molecule has 1 unspecified atom stereocenters. The van der Waals surface area contributed by atoms with E-state index in [0.717, 1.165) is 4.90 Å². The highest BCUT2D eigenvalue weighted by Gasteiger charge is 2.22. The van der Waals surface area contributed by atoms with E-state index in [1.165, 1.54) is 11.8 Å². The Bertz CT molecular complexity index is 801. The van der Waals surface area contributed by atoms with Crippen molar-refractivity contribution in [1.29, 1.82) is 0 Å². The fourth-order valence-corrected chi connectivity index (χ4v) is 3.49. The fourth-order valence-electron chi connectivity index (χ4n) is 2.41. The Morgan fingerprint density at radius 3 is 2.30 bits per heavy atom. The molecular formula is C21H25ClN2O2S. The molecule has 0 heterocycles. The lowest BCUT2D eigenvalue weighted by Gasteiger charge is -2.22. The number of rotatable bonds is 6. The second-order valence-electron chi connectivity index (χ2n) is 7.21. The van der Waals surface area contributed by atoms with Gasteiger partial charge in [-0.15, -0.1) is 11.8 Å². The van der Waals surface area contributed by atoms with E-state index in [-0.39, 0.29) is 22.6 Å². The molecule has 0 saturated heterocycles. The molecule has 0 spiro atoms. The standard InChI is InChI=1S/C21H25ClN2O2S/c1-5-18(27-15-12-10-14(22)11-13-15)20(26)23-17-9-7-6-8-16(17)19(25)24-21(2,3)4/h6-13,18H,5H2,1-4H3,(H,23,26)(H,24,25). The number of amides is 2. The topological polar surface area (TPSA) is 58.2 Å². The molecule has 0 bridgehead atoms. The number of benzene rings is 2. The summed E-state index contributed by atoms with van der Waals surface area (Å²) in [6.07, 6.45) is 0.662. The van der Waals surface area contributed by atoms with Gasteiger partial charge in [0.1, 0.15) is 0 Å². The first kappa shape index (κ1) is 21.3. The van der Waals surface area contributed by atoms with Gasteiger partial charge in [-0.1, -0.05) is 30.7 Å². The second kappa shape index (κ2) is 9.29. The van der Waals surface area contributed by atoms with Crippen LogP contribution >= 0.6 is 23.4 Å². The van der Waals surface area contributed by atoms with Crippen molar-refractivity contribution < 1.29 is 9.59 Å². The summed E-state index contributed by atoms with van der Waals surface area (Å²) in [6, 6.07) is 14.4. The third kappa shape index (κ3) is 6.60. The number of hydrogen-bond donors (Lipinski definition) is 2. The van der Waals surface area contributed by atoms with Gasteiger partial charge in [0.25, 0.3) is 5.91 Å². The molecule has 0 saturated carbocycles. The van der Waals surface area contributed by atoms with Crippen LogP contribution in [0.1, 0.15) is 44.5 Å². The zero-order valence-electron chi connectivity index (χ0n) is 16.0. The first-order valence-corrected chi connectivity index (χ1v) is 10.1. The SMILES string of the molecule is CCC(Sc1ccc(Cl)cc1)C(=O)Nc1ccccc1C(=O)NC(C)(C)C. The average Bonchev–Trinajstić information content (AvgIpc) is 2.60. The maximum absolute atomic E-state index is 12.8. The smallest absolute Gasteiger partial charge is 0.253 e. The zero-order valence-corrected chi connectivity index (χ0v) is 17.6. The summed E-state index contributed by atoms with van der Waals surface area (Å²) in [5, 5.41) is 6.23. The first-order chi connectivity index (χ1) is 12.7. The van der Waals surface area contributed by atoms with Crippen molar-refractivity contribution in [1.82, 2.24) is 5.32 Å². The minimum absolute atomic E-state index is 0.131. The molecule has 2 aromatic rings. The molecule has 0 fully saturated rings. The molecular weight excluding hydrogens is 380 g/mol. The summed E-state index contributed by atoms with van der Waals surface area (Å²) >= 11 is 7.40. The predicted octanol–water partition coefficient (Wildman–Crippen LogP) is 5.38. The molecule has 2 rings (SSSR count). The molecule has 27 heavy (non-hydrogen) atoms. The third-order valence-electron chi connectivity index (χ3n) is 3.67. The summed E-state index contributed by atoms with van der Waals surface area (Å²) in [5.74, 6) is -0.342. The van der Waals surface area contributed by atoms with E-state index in [4.69, 9.17) is 11.6 Å². The van der Waals surface area contributed by atoms with Crippen LogP contribution in [0.25, 0.3) is 0 Å². The molecule has 0 radical (unpaired) electrons. The monoisotopic (exact) mass is 404 g/mol. The van der Waals surface area contributed by atoms with Crippen LogP contribution in [0.3, 0.4) is 0 Å². The van der Waals surface area contributed by atoms with Crippen molar-refractivity contribution in [3.05, 3.63) is 59.1 Å². The van der Waals surface area contributed by atoms with Crippen LogP contribution < -0.4 is 10.6 Å². The number of carbonyl (C=O) groups excluding carboxylic acids is 2. The van der Waals surface area contributed by atoms with Crippen molar-refractivity contribution in [3.8, 4) is 0 Å². The maximum Gasteiger partial charge on any atom is 0.253 e. The molecule has 0 aliphatic rings. The molecule has 1 atom stereocenters. The van der Waals surface area contributed by atoms with E-state index < -0.39 is 0 Å². The van der Waals surface area contributed by atoms with Crippen LogP contribution in [-0.4, -0.2) is 22.6 Å². The van der Waals surface area contributed by atoms with Crippen molar-refractivity contribution in [2.75, 3.05) is 5.32 Å². The molecule has 0 aliphatic carbocycles. The van der Waals surface area contributed by atoms with Gasteiger partial charge in [0.15, 0.2) is 0 Å². The molecule has 2 N–H and O–H groups in total. The van der Waals surface area contributed by atoms with Gasteiger partial charge in [-0.05, 0) is 63.6 Å². The lowest BCUT2D eigenvalue weighted by Crippen LogP contribution is -2.41. The average molecular weight is 405 g/mol. The highest BCUT2D eigenvalue weighted by Crippen LogP contribution is 2.28. The maximum atomic E-state index is 12.8. The summed E-state index contributed by atoms with van der Waals surface area (Å²) in [7, 11) is 0. The van der Waals surface area contributed by atoms with Gasteiger partial charge in [0.2, 0.25) is 5.91 Å². The van der Waals surface area contributed by atoms with Crippen LogP contribution in [-0.2, 0) is 4.79 Å². The summed E-state index contributed by atoms with van der Waals surface area (Å²) in [6.45, 7) is 7.72. The van der Waals surface area contributed by atoms with Gasteiger partial charge in [-0.25, -0.2) is 0 Å². The van der Waals surface area contributed by atoms with E-state index in [1.54, 1.807) is 36.4 Å². The molecule has 0 aliphatic heterocycles. The van der Waals surface area contributed by atoms with E-state index >= 15 is 0 Å². The second-order valence-corrected chi connectivity index (χ2v) is 8.92. The summed E-state index contributed by atoms with van der Waals surface area (Å²) in [5.41, 5.74) is 0.608. The molecule has 144 valence electrons. The number of carbonyl (C=O) groups is 2. The van der Waals surface area contributed by atoms with Crippen LogP contribution in [0.2, 0.25) is 5.02 Å². The van der Waals surface area contributed by atoms with Crippen molar-refractivity contribution in [2.45, 2.75) is 49.8 Å². The normalized spacial score (nSPS) is 12.3. The Balaban J connectivity index is 2.14. The highest BCUT2D eigenvalue weighted by molar-refractivity contribution is 8.00. The molecule has 6 heteroatoms. The largest absolute Gasteiger partial charge is 0.347 e. The van der Waals surface area contributed by atoms with Gasteiger partial charge < -0.3 is 10.6 Å². The van der Waals surface area contributed by atoms with E-state index in [0.29, 0.717) is 22.7 Å². The summed E-state index contributed by atoms with van der Waals surface area (Å²) in [4.78, 5) is 26.3. The van der Waals surface area contributed by atoms with Gasteiger partial charge in [-0.3, -0.25) is 9.59 Å². The van der Waals surface area contributed by atoms with E-state index in [1.807, 2.05) is 39.8 Å². The van der Waals surface area contributed by atoms with Gasteiger partial charge in [0, 0.05) is 15.5 Å². The van der Waals surface area contributed by atoms with Crippen molar-refractivity contribution >= 4 is 40.9 Å². The Morgan fingerprint density at radius 2 is 1.70 bits per heavy atom. The number of thioether (sulfide) groups is 1. The molecule has 2 aromatic carbocycles. The minimum atomic E-state index is -0.357. The Labute approximate surface area is 170 Å². The van der Waals surface area contributed by atoms with Gasteiger partial charge in [-0.2, -0.15) is 0 Å². The van der Waals surface area contributed by atoms with Crippen LogP contribution in [0.4, 0.5) is 5.69 Å². The first-order valence-electron chi connectivity index (χ1n) is 8.84. The number of nitrogens with one attached hydrogen (secondary N) is 2. The molecule has 2 amide bonds. The van der Waals surface area contributed by atoms with Gasteiger partial charge >= 0.3 is 0 Å². The lowest BCUT2D eigenvalue weighted by atomic mass is 10.1. The third-order valence-corrected chi connectivity index (χ3v) is 5.30. The highest BCUT2D eigenvalue weighted by atomic mass is 35.5. The van der Waals surface area contributed by atoms with Crippen LogP contribution in [0.15, 0.2) is 53.4 Å². The van der Waals surface area contributed by atoms with Crippen molar-refractivity contribution in [3.63, 3.8) is 0 Å². The Kier molecular flexibility index (Phi) is 7.33. The number of hydrogen-bond acceptors (Lipinski definition) is 3. The molecule has 4 nitrogen and oxygen atoms in total. The Hall–Kier alpha value is -1.98. The van der Waals surface area contributed by atoms with Crippen LogP contribution in [0.5, 0.6) is 0 Å².